The van der Waals surface area contributed by atoms with E-state index in [0.717, 1.165) is 28.1 Å². The highest BCUT2D eigenvalue weighted by molar-refractivity contribution is 8.13. The number of aromatic nitrogens is 1. The maximum atomic E-state index is 11.3. The zero-order valence-corrected chi connectivity index (χ0v) is 12.6. The molecule has 1 amide bonds. The number of hydrazine groups is 1. The van der Waals surface area contributed by atoms with Crippen molar-refractivity contribution in [2.75, 3.05) is 6.26 Å². The van der Waals surface area contributed by atoms with E-state index in [-0.39, 0.29) is 18.1 Å². The predicted octanol–water partition coefficient (Wildman–Crippen LogP) is 2.45. The summed E-state index contributed by atoms with van der Waals surface area (Å²) in [5.74, 6) is -0.404. The maximum absolute atomic E-state index is 11.3. The van der Waals surface area contributed by atoms with Crippen molar-refractivity contribution < 1.29 is 9.83 Å². The average Bonchev–Trinajstić information content (AvgIpc) is 2.78. The fraction of sp³-hybridized carbons (Fsp3) is 0.444. The summed E-state index contributed by atoms with van der Waals surface area (Å²) in [7, 11) is 0. The van der Waals surface area contributed by atoms with E-state index in [1.807, 2.05) is 0 Å². The van der Waals surface area contributed by atoms with Crippen LogP contribution in [0.3, 0.4) is 0 Å². The molecule has 10 heteroatoms. The van der Waals surface area contributed by atoms with Gasteiger partial charge in [0, 0.05) is 12.6 Å². The highest BCUT2D eigenvalue weighted by Gasteiger charge is 2.24. The summed E-state index contributed by atoms with van der Waals surface area (Å²) < 4.78 is 0.311. The van der Waals surface area contributed by atoms with Crippen LogP contribution in [0.4, 0.5) is 0 Å². The number of aliphatic imine (C=N–C) groups is 1. The normalized spacial score (nSPS) is 11.4. The molecule has 0 bridgehead atoms. The van der Waals surface area contributed by atoms with E-state index in [0.29, 0.717) is 9.34 Å². The number of hydrogen-bond acceptors (Lipinski definition) is 6. The Morgan fingerprint density at radius 1 is 1.74 bits per heavy atom. The van der Waals surface area contributed by atoms with Gasteiger partial charge >= 0.3 is 0 Å². The van der Waals surface area contributed by atoms with Crippen molar-refractivity contribution in [1.29, 1.82) is 0 Å². The van der Waals surface area contributed by atoms with Crippen LogP contribution in [0.1, 0.15) is 18.2 Å². The minimum atomic E-state index is -0.605. The third-order valence-corrected chi connectivity index (χ3v) is 3.72. The molecule has 1 heterocycles. The van der Waals surface area contributed by atoms with Gasteiger partial charge in [-0.15, -0.1) is 11.3 Å². The van der Waals surface area contributed by atoms with Crippen LogP contribution >= 0.6 is 34.7 Å². The molecule has 1 rings (SSSR count). The smallest absolute Gasteiger partial charge is 0.247 e. The molecule has 7 nitrogen and oxygen atoms in total. The van der Waals surface area contributed by atoms with Gasteiger partial charge < -0.3 is 0 Å². The van der Waals surface area contributed by atoms with Crippen molar-refractivity contribution in [2.24, 2.45) is 4.99 Å². The molecular formula is C9H11ClN4O3S2. The highest BCUT2D eigenvalue weighted by atomic mass is 35.5. The van der Waals surface area contributed by atoms with Crippen LogP contribution in [0.2, 0.25) is 4.47 Å². The Hall–Kier alpha value is -1.19. The van der Waals surface area contributed by atoms with Gasteiger partial charge in [0.05, 0.1) is 4.88 Å². The Balaban J connectivity index is 2.95. The molecule has 0 fully saturated rings. The molecule has 19 heavy (non-hydrogen) atoms. The standard InChI is InChI=1S/C9H11ClN4O3S2/c1-3-7(15)12-9(18-2)13(14(16)17)5-6-4-11-8(10)19-6/h4H,3,5H2,1-2H3. The van der Waals surface area contributed by atoms with E-state index in [1.54, 1.807) is 13.2 Å². The minimum Gasteiger partial charge on any atom is -0.273 e. The fourth-order valence-corrected chi connectivity index (χ4v) is 2.59. The van der Waals surface area contributed by atoms with Crippen LogP contribution < -0.4 is 0 Å². The number of amidine groups is 1. The van der Waals surface area contributed by atoms with Gasteiger partial charge in [-0.1, -0.05) is 35.3 Å². The second kappa shape index (κ2) is 7.41. The van der Waals surface area contributed by atoms with Crippen molar-refractivity contribution in [3.05, 3.63) is 25.7 Å². The summed E-state index contributed by atoms with van der Waals surface area (Å²) in [6, 6.07) is 0. The van der Waals surface area contributed by atoms with Crippen molar-refractivity contribution >= 4 is 45.8 Å². The molecule has 0 N–H and O–H groups in total. The lowest BCUT2D eigenvalue weighted by Gasteiger charge is -2.12. The fourth-order valence-electron chi connectivity index (χ4n) is 1.09. The van der Waals surface area contributed by atoms with Crippen molar-refractivity contribution in [2.45, 2.75) is 19.9 Å². The summed E-state index contributed by atoms with van der Waals surface area (Å²) >= 11 is 7.86. The molecule has 0 aliphatic heterocycles. The number of carbonyl (C=O) groups is 1. The first kappa shape index (κ1) is 15.9. The summed E-state index contributed by atoms with van der Waals surface area (Å²) in [4.78, 5) is 30.5. The summed E-state index contributed by atoms with van der Waals surface area (Å²) in [5, 5.41) is 11.3. The summed E-state index contributed by atoms with van der Waals surface area (Å²) in [6.07, 6.45) is 3.28. The van der Waals surface area contributed by atoms with E-state index >= 15 is 0 Å². The van der Waals surface area contributed by atoms with Gasteiger partial charge in [-0.3, -0.25) is 4.79 Å². The number of nitrogens with zero attached hydrogens (tertiary/aromatic N) is 4. The number of carbonyl (C=O) groups excluding carboxylic acids is 1. The minimum absolute atomic E-state index is 0.0337. The Bertz CT molecular complexity index is 505. The molecule has 1 aromatic heterocycles. The van der Waals surface area contributed by atoms with Crippen molar-refractivity contribution in [3.63, 3.8) is 0 Å². The quantitative estimate of drug-likeness (QED) is 0.366. The Morgan fingerprint density at radius 3 is 2.84 bits per heavy atom. The zero-order chi connectivity index (χ0) is 14.4. The average molecular weight is 323 g/mol. The van der Waals surface area contributed by atoms with Gasteiger partial charge in [-0.05, 0) is 6.26 Å². The Labute approximate surface area is 122 Å². The summed E-state index contributed by atoms with van der Waals surface area (Å²) in [6.45, 7) is 1.61. The third-order valence-electron chi connectivity index (χ3n) is 1.95. The molecule has 0 unspecified atom stereocenters. The van der Waals surface area contributed by atoms with Crippen molar-refractivity contribution in [1.82, 2.24) is 9.99 Å². The van der Waals surface area contributed by atoms with Crippen molar-refractivity contribution in [3.8, 4) is 0 Å². The van der Waals surface area contributed by atoms with Crippen LogP contribution in [0, 0.1) is 10.1 Å². The lowest BCUT2D eigenvalue weighted by molar-refractivity contribution is -0.631. The predicted molar refractivity (Wildman–Crippen MR) is 75.9 cm³/mol. The number of thioether (sulfide) groups is 1. The topological polar surface area (TPSA) is 88.7 Å². The van der Waals surface area contributed by atoms with Gasteiger partial charge in [-0.25, -0.2) is 15.1 Å². The first-order chi connectivity index (χ1) is 8.97. The van der Waals surface area contributed by atoms with Gasteiger partial charge in [0.15, 0.2) is 9.50 Å². The number of rotatable bonds is 4. The molecular weight excluding hydrogens is 312 g/mol. The van der Waals surface area contributed by atoms with Gasteiger partial charge in [-0.2, -0.15) is 4.99 Å². The SMILES string of the molecule is CCC(=O)N=C(SC)N(Cc1cnc(Cl)s1)[N+](=O)[O-]. The van der Waals surface area contributed by atoms with E-state index < -0.39 is 10.9 Å². The largest absolute Gasteiger partial charge is 0.273 e. The van der Waals surface area contributed by atoms with Crippen LogP contribution in [0.5, 0.6) is 0 Å². The molecule has 0 saturated carbocycles. The van der Waals surface area contributed by atoms with Gasteiger partial charge in [0.2, 0.25) is 11.1 Å². The Morgan fingerprint density at radius 2 is 2.42 bits per heavy atom. The molecule has 104 valence electrons. The maximum Gasteiger partial charge on any atom is 0.247 e. The first-order valence-electron chi connectivity index (χ1n) is 5.15. The van der Waals surface area contributed by atoms with E-state index in [1.165, 1.54) is 6.20 Å². The van der Waals surface area contributed by atoms with Crippen LogP contribution in [-0.2, 0) is 11.3 Å². The molecule has 0 atom stereocenters. The number of thiazole rings is 1. The van der Waals surface area contributed by atoms with Gasteiger partial charge in [0.25, 0.3) is 0 Å². The van der Waals surface area contributed by atoms with E-state index in [4.69, 9.17) is 11.6 Å². The second-order valence-corrected chi connectivity index (χ2v) is 5.69. The summed E-state index contributed by atoms with van der Waals surface area (Å²) in [5.41, 5.74) is 0. The number of halogens is 1. The molecule has 1 aromatic rings. The van der Waals surface area contributed by atoms with E-state index in [2.05, 4.69) is 9.98 Å². The number of hydrogen-bond donors (Lipinski definition) is 0. The molecule has 0 aliphatic rings. The number of amides is 1. The Kier molecular flexibility index (Phi) is 6.19. The molecule has 0 aromatic carbocycles. The molecule has 0 saturated heterocycles. The van der Waals surface area contributed by atoms with Crippen LogP contribution in [-0.4, -0.2) is 32.4 Å². The second-order valence-electron chi connectivity index (χ2n) is 3.22. The van der Waals surface area contributed by atoms with Gasteiger partial charge in [0.1, 0.15) is 6.54 Å². The van der Waals surface area contributed by atoms with E-state index in [9.17, 15) is 14.9 Å². The first-order valence-corrected chi connectivity index (χ1v) is 7.57. The monoisotopic (exact) mass is 322 g/mol. The number of nitro groups is 1. The molecule has 0 spiro atoms. The zero-order valence-electron chi connectivity index (χ0n) is 10.2. The molecule has 0 radical (unpaired) electrons. The third kappa shape index (κ3) is 4.77. The van der Waals surface area contributed by atoms with Crippen LogP contribution in [0.25, 0.3) is 0 Å². The van der Waals surface area contributed by atoms with Crippen LogP contribution in [0.15, 0.2) is 11.2 Å². The highest BCUT2D eigenvalue weighted by Crippen LogP contribution is 2.20. The lowest BCUT2D eigenvalue weighted by Crippen LogP contribution is -2.34. The molecule has 0 aliphatic carbocycles. The lowest BCUT2D eigenvalue weighted by atomic mass is 10.5.